The number of halogens is 1. The molecule has 1 aromatic carbocycles. The van der Waals surface area contributed by atoms with Gasteiger partial charge in [0.25, 0.3) is 5.56 Å². The van der Waals surface area contributed by atoms with Crippen molar-refractivity contribution in [3.05, 3.63) is 68.3 Å². The smallest absolute Gasteiger partial charge is 0.347 e. The van der Waals surface area contributed by atoms with Crippen LogP contribution in [0.4, 0.5) is 4.39 Å². The van der Waals surface area contributed by atoms with E-state index in [4.69, 9.17) is 5.11 Å². The lowest BCUT2D eigenvalue weighted by atomic mass is 10.1. The Hall–Kier alpha value is -2.80. The maximum atomic E-state index is 13.2. The van der Waals surface area contributed by atoms with E-state index in [1.807, 2.05) is 0 Å². The summed E-state index contributed by atoms with van der Waals surface area (Å²) in [6, 6.07) is 6.03. The molecule has 23 heavy (non-hydrogen) atoms. The van der Waals surface area contributed by atoms with E-state index < -0.39 is 5.97 Å². The van der Waals surface area contributed by atoms with E-state index in [0.29, 0.717) is 21.8 Å². The monoisotopic (exact) mass is 330 g/mol. The Morgan fingerprint density at radius 3 is 2.87 bits per heavy atom. The summed E-state index contributed by atoms with van der Waals surface area (Å²) in [6.45, 7) is 1.62. The molecule has 2 heterocycles. The number of hydrogen-bond acceptors (Lipinski definition) is 4. The maximum Gasteiger partial charge on any atom is 0.347 e. The first-order valence-electron chi connectivity index (χ1n) is 6.65. The summed E-state index contributed by atoms with van der Waals surface area (Å²) in [4.78, 5) is 28.0. The first-order valence-corrected chi connectivity index (χ1v) is 7.47. The second-order valence-corrected chi connectivity index (χ2v) is 5.88. The second kappa shape index (κ2) is 5.77. The first-order chi connectivity index (χ1) is 11.0. The fourth-order valence-corrected chi connectivity index (χ4v) is 2.91. The zero-order valence-electron chi connectivity index (χ0n) is 12.0. The van der Waals surface area contributed by atoms with E-state index in [1.165, 1.54) is 22.7 Å². The lowest BCUT2D eigenvalue weighted by Crippen LogP contribution is -2.17. The third-order valence-electron chi connectivity index (χ3n) is 3.29. The van der Waals surface area contributed by atoms with Crippen LogP contribution in [0.5, 0.6) is 0 Å². The maximum absolute atomic E-state index is 13.2. The number of carboxylic acids is 1. The average Bonchev–Trinajstić information content (AvgIpc) is 2.94. The van der Waals surface area contributed by atoms with E-state index in [1.54, 1.807) is 31.2 Å². The third kappa shape index (κ3) is 2.91. The Morgan fingerprint density at radius 2 is 2.17 bits per heavy atom. The summed E-state index contributed by atoms with van der Waals surface area (Å²) >= 11 is 0.925. The van der Waals surface area contributed by atoms with Gasteiger partial charge in [-0.3, -0.25) is 9.20 Å². The van der Waals surface area contributed by atoms with Crippen molar-refractivity contribution in [1.82, 2.24) is 9.38 Å². The summed E-state index contributed by atoms with van der Waals surface area (Å²) < 4.78 is 14.4. The first kappa shape index (κ1) is 15.1. The zero-order chi connectivity index (χ0) is 16.6. The summed E-state index contributed by atoms with van der Waals surface area (Å²) in [5, 5.41) is 9.01. The van der Waals surface area contributed by atoms with Crippen molar-refractivity contribution in [2.75, 3.05) is 0 Å². The van der Waals surface area contributed by atoms with Crippen LogP contribution in [0.2, 0.25) is 0 Å². The van der Waals surface area contributed by atoms with Crippen LogP contribution in [0.1, 0.15) is 26.5 Å². The molecule has 3 rings (SSSR count). The van der Waals surface area contributed by atoms with Crippen molar-refractivity contribution in [3.8, 4) is 0 Å². The molecule has 0 saturated heterocycles. The number of fused-ring (bicyclic) bond motifs is 1. The van der Waals surface area contributed by atoms with E-state index in [9.17, 15) is 14.0 Å². The Labute approximate surface area is 134 Å². The van der Waals surface area contributed by atoms with Crippen LogP contribution in [0, 0.1) is 12.7 Å². The Bertz CT molecular complexity index is 1000. The molecule has 0 aliphatic rings. The van der Waals surface area contributed by atoms with Crippen LogP contribution in [-0.4, -0.2) is 20.5 Å². The average molecular weight is 330 g/mol. The highest BCUT2D eigenvalue weighted by atomic mass is 32.1. The van der Waals surface area contributed by atoms with Crippen molar-refractivity contribution < 1.29 is 14.3 Å². The van der Waals surface area contributed by atoms with Crippen molar-refractivity contribution in [1.29, 1.82) is 0 Å². The molecule has 116 valence electrons. The van der Waals surface area contributed by atoms with Crippen LogP contribution < -0.4 is 5.56 Å². The molecule has 0 amide bonds. The van der Waals surface area contributed by atoms with Gasteiger partial charge >= 0.3 is 5.97 Å². The quantitative estimate of drug-likeness (QED) is 0.801. The molecule has 7 heteroatoms. The summed E-state index contributed by atoms with van der Waals surface area (Å²) in [6.07, 6.45) is 4.54. The summed E-state index contributed by atoms with van der Waals surface area (Å²) in [5.41, 5.74) is 1.14. The number of aromatic carboxylic acids is 1. The molecular weight excluding hydrogens is 319 g/mol. The van der Waals surface area contributed by atoms with Gasteiger partial charge in [-0.05, 0) is 30.7 Å². The molecule has 0 aliphatic heterocycles. The predicted octanol–water partition coefficient (Wildman–Crippen LogP) is 3.07. The SMILES string of the molecule is Cc1c(/C=C/c2cccc(F)c2)nc2sc(C(=O)O)cn2c1=O. The van der Waals surface area contributed by atoms with Crippen molar-refractivity contribution in [2.24, 2.45) is 0 Å². The van der Waals surface area contributed by atoms with E-state index in [0.717, 1.165) is 11.3 Å². The Balaban J connectivity index is 2.09. The van der Waals surface area contributed by atoms with Gasteiger partial charge in [0.15, 0.2) is 4.96 Å². The number of nitrogens with zero attached hydrogens (tertiary/aromatic N) is 2. The Kier molecular flexibility index (Phi) is 3.79. The van der Waals surface area contributed by atoms with Crippen LogP contribution in [0.25, 0.3) is 17.1 Å². The zero-order valence-corrected chi connectivity index (χ0v) is 12.8. The van der Waals surface area contributed by atoms with Crippen LogP contribution in [0.15, 0.2) is 35.3 Å². The standard InChI is InChI=1S/C16H11FN2O3S/c1-9-12(6-5-10-3-2-4-11(17)7-10)18-16-19(14(9)20)8-13(23-16)15(21)22/h2-8H,1H3,(H,21,22)/b6-5+. The lowest BCUT2D eigenvalue weighted by molar-refractivity contribution is 0.0701. The molecule has 0 fully saturated rings. The molecule has 0 bridgehead atoms. The minimum atomic E-state index is -1.10. The van der Waals surface area contributed by atoms with E-state index in [2.05, 4.69) is 4.98 Å². The minimum absolute atomic E-state index is 0.0419. The molecule has 1 N–H and O–H groups in total. The number of carboxylic acid groups (broad SMARTS) is 1. The van der Waals surface area contributed by atoms with Gasteiger partial charge in [-0.15, -0.1) is 0 Å². The fourth-order valence-electron chi connectivity index (χ4n) is 2.09. The lowest BCUT2D eigenvalue weighted by Gasteiger charge is -2.00. The summed E-state index contributed by atoms with van der Waals surface area (Å²) in [5.74, 6) is -1.45. The molecule has 2 aromatic heterocycles. The van der Waals surface area contributed by atoms with E-state index in [-0.39, 0.29) is 16.3 Å². The number of hydrogen-bond donors (Lipinski definition) is 1. The normalized spacial score (nSPS) is 11.4. The van der Waals surface area contributed by atoms with Gasteiger partial charge in [-0.25, -0.2) is 14.2 Å². The number of thiazole rings is 1. The molecule has 0 saturated carbocycles. The Morgan fingerprint density at radius 1 is 1.39 bits per heavy atom. The number of benzene rings is 1. The molecule has 0 atom stereocenters. The van der Waals surface area contributed by atoms with Crippen molar-refractivity contribution in [3.63, 3.8) is 0 Å². The largest absolute Gasteiger partial charge is 0.477 e. The number of aromatic nitrogens is 2. The van der Waals surface area contributed by atoms with Crippen LogP contribution in [0.3, 0.4) is 0 Å². The number of rotatable bonds is 3. The highest BCUT2D eigenvalue weighted by molar-refractivity contribution is 7.18. The molecule has 3 aromatic rings. The van der Waals surface area contributed by atoms with Crippen molar-refractivity contribution >= 4 is 34.4 Å². The van der Waals surface area contributed by atoms with Gasteiger partial charge in [0.2, 0.25) is 0 Å². The highest BCUT2D eigenvalue weighted by Gasteiger charge is 2.13. The highest BCUT2D eigenvalue weighted by Crippen LogP contribution is 2.17. The molecule has 0 aliphatic carbocycles. The van der Waals surface area contributed by atoms with Gasteiger partial charge < -0.3 is 5.11 Å². The molecule has 0 radical (unpaired) electrons. The van der Waals surface area contributed by atoms with Gasteiger partial charge in [0.1, 0.15) is 10.7 Å². The van der Waals surface area contributed by atoms with Gasteiger partial charge in [-0.1, -0.05) is 29.5 Å². The van der Waals surface area contributed by atoms with Gasteiger partial charge in [0.05, 0.1) is 5.69 Å². The summed E-state index contributed by atoms with van der Waals surface area (Å²) in [7, 11) is 0. The number of carbonyl (C=O) groups is 1. The minimum Gasteiger partial charge on any atom is -0.477 e. The molecular formula is C16H11FN2O3S. The predicted molar refractivity (Wildman–Crippen MR) is 86.4 cm³/mol. The van der Waals surface area contributed by atoms with Gasteiger partial charge in [-0.2, -0.15) is 0 Å². The molecule has 0 spiro atoms. The van der Waals surface area contributed by atoms with Crippen molar-refractivity contribution in [2.45, 2.75) is 6.92 Å². The van der Waals surface area contributed by atoms with Crippen LogP contribution >= 0.6 is 11.3 Å². The second-order valence-electron chi connectivity index (χ2n) is 4.87. The molecule has 5 nitrogen and oxygen atoms in total. The van der Waals surface area contributed by atoms with Gasteiger partial charge in [0, 0.05) is 11.8 Å². The fraction of sp³-hybridized carbons (Fsp3) is 0.0625. The third-order valence-corrected chi connectivity index (χ3v) is 4.26. The van der Waals surface area contributed by atoms with Crippen LogP contribution in [-0.2, 0) is 0 Å². The molecule has 0 unspecified atom stereocenters. The van der Waals surface area contributed by atoms with E-state index >= 15 is 0 Å². The topological polar surface area (TPSA) is 71.7 Å².